The molecule has 34 heavy (non-hydrogen) atoms. The van der Waals surface area contributed by atoms with Crippen molar-refractivity contribution in [3.05, 3.63) is 57.5 Å². The average Bonchev–Trinajstić information content (AvgIpc) is 3.54. The van der Waals surface area contributed by atoms with E-state index in [-0.39, 0.29) is 28.5 Å². The summed E-state index contributed by atoms with van der Waals surface area (Å²) >= 11 is 6.08. The highest BCUT2D eigenvalue weighted by molar-refractivity contribution is 6.33. The Kier molecular flexibility index (Phi) is 6.20. The molecule has 3 heterocycles. The highest BCUT2D eigenvalue weighted by Crippen LogP contribution is 2.49. The van der Waals surface area contributed by atoms with Crippen LogP contribution in [0.5, 0.6) is 0 Å². The number of hydrogen-bond donors (Lipinski definition) is 2. The number of likely N-dealkylation sites (tertiary alicyclic amines) is 1. The van der Waals surface area contributed by atoms with Crippen molar-refractivity contribution in [3.8, 4) is 0 Å². The van der Waals surface area contributed by atoms with Crippen molar-refractivity contribution < 1.29 is 14.3 Å². The van der Waals surface area contributed by atoms with E-state index in [4.69, 9.17) is 16.3 Å². The lowest BCUT2D eigenvalue weighted by atomic mass is 9.93. The van der Waals surface area contributed by atoms with E-state index in [9.17, 15) is 14.4 Å². The van der Waals surface area contributed by atoms with E-state index in [1.165, 1.54) is 6.20 Å². The summed E-state index contributed by atoms with van der Waals surface area (Å²) in [6.07, 6.45) is 4.62. The molecule has 0 spiro atoms. The maximum Gasteiger partial charge on any atom is 0.407 e. The lowest BCUT2D eigenvalue weighted by Gasteiger charge is -2.34. The summed E-state index contributed by atoms with van der Waals surface area (Å²) < 4.78 is 5.61. The molecule has 0 radical (unpaired) electrons. The molecule has 2 aliphatic heterocycles. The summed E-state index contributed by atoms with van der Waals surface area (Å²) in [5.41, 5.74) is 0.851. The Balaban J connectivity index is 1.09. The summed E-state index contributed by atoms with van der Waals surface area (Å²) in [5.74, 6) is 0.207. The SMILES string of the molecule is O=C(NC1CCN(C(=O)C2(c3ccccc3)CC2)CC1)O[C@@H]1CCN(c2cn[nH]c(=O)c2Cl)C1. The largest absolute Gasteiger partial charge is 0.444 e. The lowest BCUT2D eigenvalue weighted by molar-refractivity contribution is -0.135. The topological polar surface area (TPSA) is 108 Å². The predicted octanol–water partition coefficient (Wildman–Crippen LogP) is 2.45. The zero-order valence-electron chi connectivity index (χ0n) is 18.8. The van der Waals surface area contributed by atoms with Crippen molar-refractivity contribution in [2.24, 2.45) is 0 Å². The summed E-state index contributed by atoms with van der Waals surface area (Å²) in [7, 11) is 0. The fraction of sp³-hybridized carbons (Fsp3) is 0.500. The number of halogens is 1. The first-order chi connectivity index (χ1) is 16.5. The standard InChI is InChI=1S/C24H28ClN5O4/c25-20-19(14-26-28-21(20)31)30-13-8-18(15-30)34-23(33)27-17-6-11-29(12-7-17)22(32)24(9-10-24)16-4-2-1-3-5-16/h1-5,14,17-18H,6-13,15H2,(H,27,33)(H,28,31)/t18-/m1/s1. The molecule has 0 bridgehead atoms. The zero-order chi connectivity index (χ0) is 23.7. The minimum absolute atomic E-state index is 0.0211. The van der Waals surface area contributed by atoms with E-state index in [2.05, 4.69) is 15.5 Å². The molecule has 3 fully saturated rings. The van der Waals surface area contributed by atoms with Crippen LogP contribution in [0.2, 0.25) is 5.02 Å². The summed E-state index contributed by atoms with van der Waals surface area (Å²) in [5, 5.41) is 9.13. The van der Waals surface area contributed by atoms with Crippen LogP contribution >= 0.6 is 11.6 Å². The van der Waals surface area contributed by atoms with Crippen molar-refractivity contribution >= 4 is 29.3 Å². The van der Waals surface area contributed by atoms with Crippen LogP contribution in [0.1, 0.15) is 37.7 Å². The van der Waals surface area contributed by atoms with Crippen LogP contribution in [0.4, 0.5) is 10.5 Å². The van der Waals surface area contributed by atoms with Gasteiger partial charge in [-0.15, -0.1) is 0 Å². The Bertz CT molecular complexity index is 1110. The molecule has 1 saturated carbocycles. The molecule has 0 unspecified atom stereocenters. The smallest absolute Gasteiger partial charge is 0.407 e. The van der Waals surface area contributed by atoms with Gasteiger partial charge in [-0.1, -0.05) is 41.9 Å². The highest BCUT2D eigenvalue weighted by atomic mass is 35.5. The van der Waals surface area contributed by atoms with Gasteiger partial charge in [0.05, 0.1) is 23.8 Å². The van der Waals surface area contributed by atoms with Gasteiger partial charge in [-0.05, 0) is 31.2 Å². The van der Waals surface area contributed by atoms with Crippen LogP contribution in [0.3, 0.4) is 0 Å². The van der Waals surface area contributed by atoms with Crippen molar-refractivity contribution in [2.45, 2.75) is 49.7 Å². The number of hydrogen-bond acceptors (Lipinski definition) is 6. The van der Waals surface area contributed by atoms with Crippen LogP contribution < -0.4 is 15.8 Å². The van der Waals surface area contributed by atoms with Gasteiger partial charge < -0.3 is 19.9 Å². The Hall–Kier alpha value is -3.07. The van der Waals surface area contributed by atoms with Crippen LogP contribution in [-0.4, -0.2) is 65.4 Å². The van der Waals surface area contributed by atoms with E-state index in [0.29, 0.717) is 51.1 Å². The molecule has 1 aromatic heterocycles. The maximum atomic E-state index is 13.2. The van der Waals surface area contributed by atoms with Gasteiger partial charge in [0.15, 0.2) is 0 Å². The quantitative estimate of drug-likeness (QED) is 0.673. The molecule has 1 aliphatic carbocycles. The van der Waals surface area contributed by atoms with Gasteiger partial charge in [0, 0.05) is 32.1 Å². The van der Waals surface area contributed by atoms with Crippen LogP contribution in [0, 0.1) is 0 Å². The van der Waals surface area contributed by atoms with Gasteiger partial charge in [0.1, 0.15) is 11.1 Å². The molecule has 5 rings (SSSR count). The van der Waals surface area contributed by atoms with Gasteiger partial charge in [-0.25, -0.2) is 9.89 Å². The number of anilines is 1. The van der Waals surface area contributed by atoms with E-state index in [0.717, 1.165) is 18.4 Å². The van der Waals surface area contributed by atoms with Gasteiger partial charge in [0.25, 0.3) is 5.56 Å². The van der Waals surface area contributed by atoms with Crippen molar-refractivity contribution in [1.82, 2.24) is 20.4 Å². The number of carbonyl (C=O) groups excluding carboxylic acids is 2. The third kappa shape index (κ3) is 4.49. The first-order valence-corrected chi connectivity index (χ1v) is 12.1. The van der Waals surface area contributed by atoms with Gasteiger partial charge >= 0.3 is 6.09 Å². The maximum absolute atomic E-state index is 13.2. The molecule has 10 heteroatoms. The molecule has 2 N–H and O–H groups in total. The third-order valence-corrected chi connectivity index (χ3v) is 7.49. The Labute approximate surface area is 202 Å². The molecule has 3 aliphatic rings. The number of carbonyl (C=O) groups is 2. The Morgan fingerprint density at radius 1 is 1.12 bits per heavy atom. The first kappa shape index (κ1) is 22.7. The Morgan fingerprint density at radius 2 is 1.85 bits per heavy atom. The number of nitrogens with zero attached hydrogens (tertiary/aromatic N) is 3. The second-order valence-corrected chi connectivity index (χ2v) is 9.70. The molecule has 1 atom stereocenters. The number of H-pyrrole nitrogens is 1. The number of ether oxygens (including phenoxy) is 1. The normalized spacial score (nSPS) is 21.9. The molecule has 2 aromatic rings. The number of aromatic amines is 1. The number of piperidine rings is 1. The van der Waals surface area contributed by atoms with E-state index in [1.54, 1.807) is 0 Å². The van der Waals surface area contributed by atoms with Gasteiger partial charge in [0.2, 0.25) is 5.91 Å². The van der Waals surface area contributed by atoms with Gasteiger partial charge in [-0.3, -0.25) is 9.59 Å². The molecule has 180 valence electrons. The van der Waals surface area contributed by atoms with E-state index < -0.39 is 11.7 Å². The average molecular weight is 486 g/mol. The second-order valence-electron chi connectivity index (χ2n) is 9.32. The Morgan fingerprint density at radius 3 is 2.56 bits per heavy atom. The minimum atomic E-state index is -0.449. The number of amides is 2. The van der Waals surface area contributed by atoms with E-state index >= 15 is 0 Å². The first-order valence-electron chi connectivity index (χ1n) is 11.8. The van der Waals surface area contributed by atoms with Crippen molar-refractivity contribution in [1.29, 1.82) is 0 Å². The third-order valence-electron chi connectivity index (χ3n) is 7.13. The molecule has 1 aromatic carbocycles. The molecule has 2 amide bonds. The monoisotopic (exact) mass is 485 g/mol. The summed E-state index contributed by atoms with van der Waals surface area (Å²) in [6.45, 7) is 2.33. The number of rotatable bonds is 5. The van der Waals surface area contributed by atoms with Crippen LogP contribution in [0.15, 0.2) is 41.3 Å². The summed E-state index contributed by atoms with van der Waals surface area (Å²) in [6, 6.07) is 10.0. The van der Waals surface area contributed by atoms with Crippen LogP contribution in [0.25, 0.3) is 0 Å². The second kappa shape index (κ2) is 9.29. The molecular weight excluding hydrogens is 458 g/mol. The summed E-state index contributed by atoms with van der Waals surface area (Å²) in [4.78, 5) is 41.2. The van der Waals surface area contributed by atoms with Crippen LogP contribution in [-0.2, 0) is 14.9 Å². The highest BCUT2D eigenvalue weighted by Gasteiger charge is 2.53. The molecule has 2 saturated heterocycles. The van der Waals surface area contributed by atoms with Gasteiger partial charge in [-0.2, -0.15) is 5.10 Å². The van der Waals surface area contributed by atoms with Crippen molar-refractivity contribution in [2.75, 3.05) is 31.1 Å². The fourth-order valence-corrected chi connectivity index (χ4v) is 5.24. The lowest BCUT2D eigenvalue weighted by Crippen LogP contribution is -2.49. The zero-order valence-corrected chi connectivity index (χ0v) is 19.6. The van der Waals surface area contributed by atoms with Crippen molar-refractivity contribution in [3.63, 3.8) is 0 Å². The van der Waals surface area contributed by atoms with E-state index in [1.807, 2.05) is 40.1 Å². The molecule has 9 nitrogen and oxygen atoms in total. The number of benzene rings is 1. The number of aromatic nitrogens is 2. The number of alkyl carbamates (subject to hydrolysis) is 1. The minimum Gasteiger partial charge on any atom is -0.444 e. The predicted molar refractivity (Wildman–Crippen MR) is 127 cm³/mol. The fourth-order valence-electron chi connectivity index (χ4n) is 5.03. The molecular formula is C24H28ClN5O4. The number of nitrogens with one attached hydrogen (secondary N) is 2.